The molecule has 0 aromatic carbocycles. The molecule has 1 aromatic heterocycles. The number of aryl methyl sites for hydroxylation is 1. The molecule has 94 valence electrons. The summed E-state index contributed by atoms with van der Waals surface area (Å²) in [4.78, 5) is 22.6. The van der Waals surface area contributed by atoms with Gasteiger partial charge in [0.2, 0.25) is 0 Å². The van der Waals surface area contributed by atoms with E-state index in [4.69, 9.17) is 5.11 Å². The first-order valence-electron chi connectivity index (χ1n) is 5.05. The van der Waals surface area contributed by atoms with Crippen LogP contribution in [0.25, 0.3) is 0 Å². The summed E-state index contributed by atoms with van der Waals surface area (Å²) in [6, 6.07) is -0.764. The number of anilines is 1. The Bertz CT molecular complexity index is 484. The van der Waals surface area contributed by atoms with Gasteiger partial charge >= 0.3 is 5.97 Å². The van der Waals surface area contributed by atoms with Crippen molar-refractivity contribution in [1.29, 1.82) is 0 Å². The molecule has 0 aliphatic carbocycles. The molecule has 17 heavy (non-hydrogen) atoms. The predicted octanol–water partition coefficient (Wildman–Crippen LogP) is 1.06. The molecule has 0 bridgehead atoms. The van der Waals surface area contributed by atoms with Crippen molar-refractivity contribution in [3.63, 3.8) is 0 Å². The lowest BCUT2D eigenvalue weighted by molar-refractivity contribution is -0.138. The van der Waals surface area contributed by atoms with E-state index in [-0.39, 0.29) is 15.9 Å². The lowest BCUT2D eigenvalue weighted by atomic mass is 10.0. The molecule has 0 fully saturated rings. The average molecular weight is 304 g/mol. The highest BCUT2D eigenvalue weighted by molar-refractivity contribution is 9.10. The van der Waals surface area contributed by atoms with Crippen molar-refractivity contribution in [2.75, 3.05) is 5.32 Å². The summed E-state index contributed by atoms with van der Waals surface area (Å²) < 4.78 is 1.45. The minimum absolute atomic E-state index is 0.108. The number of nitrogens with zero attached hydrogens (tertiary/aromatic N) is 2. The summed E-state index contributed by atoms with van der Waals surface area (Å²) in [6.45, 7) is 3.57. The molecule has 0 saturated carbocycles. The van der Waals surface area contributed by atoms with Crippen molar-refractivity contribution in [1.82, 2.24) is 9.78 Å². The highest BCUT2D eigenvalue weighted by atomic mass is 79.9. The molecule has 0 amide bonds. The lowest BCUT2D eigenvalue weighted by Gasteiger charge is -2.19. The van der Waals surface area contributed by atoms with Gasteiger partial charge < -0.3 is 10.4 Å². The molecule has 0 radical (unpaired) electrons. The molecular weight excluding hydrogens is 290 g/mol. The third kappa shape index (κ3) is 3.06. The first-order valence-corrected chi connectivity index (χ1v) is 5.85. The Morgan fingerprint density at radius 2 is 2.18 bits per heavy atom. The maximum absolute atomic E-state index is 11.6. The average Bonchev–Trinajstić information content (AvgIpc) is 2.24. The zero-order valence-corrected chi connectivity index (χ0v) is 11.4. The molecule has 0 unspecified atom stereocenters. The van der Waals surface area contributed by atoms with Crippen LogP contribution in [0, 0.1) is 5.92 Å². The SMILES string of the molecule is CC(C)[C@H](Nc1cnn(C)c(=O)c1Br)C(=O)O. The van der Waals surface area contributed by atoms with Crippen LogP contribution >= 0.6 is 15.9 Å². The maximum atomic E-state index is 11.6. The number of carboxylic acid groups (broad SMARTS) is 1. The summed E-state index contributed by atoms with van der Waals surface area (Å²) in [7, 11) is 1.52. The van der Waals surface area contributed by atoms with Gasteiger partial charge in [0.1, 0.15) is 10.5 Å². The van der Waals surface area contributed by atoms with Gasteiger partial charge in [-0.3, -0.25) is 4.79 Å². The molecule has 0 aliphatic rings. The fourth-order valence-electron chi connectivity index (χ4n) is 1.29. The highest BCUT2D eigenvalue weighted by Crippen LogP contribution is 2.19. The van der Waals surface area contributed by atoms with Crippen LogP contribution in [0.5, 0.6) is 0 Å². The third-order valence-corrected chi connectivity index (χ3v) is 3.09. The number of nitrogens with one attached hydrogen (secondary N) is 1. The first kappa shape index (κ1) is 13.7. The normalized spacial score (nSPS) is 12.5. The number of aliphatic carboxylic acids is 1. The van der Waals surface area contributed by atoms with Crippen LogP contribution in [0.3, 0.4) is 0 Å². The van der Waals surface area contributed by atoms with Crippen LogP contribution < -0.4 is 10.9 Å². The van der Waals surface area contributed by atoms with Gasteiger partial charge in [0.05, 0.1) is 11.9 Å². The minimum Gasteiger partial charge on any atom is -0.480 e. The van der Waals surface area contributed by atoms with Gasteiger partial charge in [0.25, 0.3) is 5.56 Å². The van der Waals surface area contributed by atoms with Gasteiger partial charge in [-0.05, 0) is 21.8 Å². The zero-order chi connectivity index (χ0) is 13.2. The number of aromatic nitrogens is 2. The standard InChI is InChI=1S/C10H14BrN3O3/c1-5(2)8(10(16)17)13-6-4-12-14(3)9(15)7(6)11/h4-5,8,13H,1-3H3,(H,16,17)/t8-/m0/s1. The van der Waals surface area contributed by atoms with Crippen molar-refractivity contribution in [2.45, 2.75) is 19.9 Å². The Hall–Kier alpha value is -1.37. The Balaban J connectivity index is 3.07. The number of rotatable bonds is 4. The molecule has 1 rings (SSSR count). The number of carbonyl (C=O) groups is 1. The monoisotopic (exact) mass is 303 g/mol. The molecule has 6 nitrogen and oxygen atoms in total. The largest absolute Gasteiger partial charge is 0.480 e. The molecule has 1 aromatic rings. The Labute approximate surface area is 107 Å². The van der Waals surface area contributed by atoms with E-state index in [0.717, 1.165) is 0 Å². The number of carboxylic acids is 1. The van der Waals surface area contributed by atoms with E-state index in [9.17, 15) is 9.59 Å². The molecular formula is C10H14BrN3O3. The molecule has 1 atom stereocenters. The second kappa shape index (κ2) is 5.31. The van der Waals surface area contributed by atoms with Crippen LogP contribution in [-0.2, 0) is 11.8 Å². The first-order chi connectivity index (χ1) is 7.84. The van der Waals surface area contributed by atoms with E-state index >= 15 is 0 Å². The summed E-state index contributed by atoms with van der Waals surface area (Å²) in [5.74, 6) is -1.07. The van der Waals surface area contributed by atoms with Crippen molar-refractivity contribution < 1.29 is 9.90 Å². The van der Waals surface area contributed by atoms with E-state index < -0.39 is 12.0 Å². The van der Waals surface area contributed by atoms with E-state index in [0.29, 0.717) is 5.69 Å². The topological polar surface area (TPSA) is 84.2 Å². The second-order valence-electron chi connectivity index (χ2n) is 4.01. The number of hydrogen-bond acceptors (Lipinski definition) is 4. The van der Waals surface area contributed by atoms with Gasteiger partial charge in [0.15, 0.2) is 0 Å². The smallest absolute Gasteiger partial charge is 0.326 e. The number of halogens is 1. The van der Waals surface area contributed by atoms with E-state index in [1.54, 1.807) is 13.8 Å². The van der Waals surface area contributed by atoms with Gasteiger partial charge in [0, 0.05) is 7.05 Å². The Morgan fingerprint density at radius 3 is 2.65 bits per heavy atom. The summed E-state index contributed by atoms with van der Waals surface area (Å²) >= 11 is 3.13. The maximum Gasteiger partial charge on any atom is 0.326 e. The second-order valence-corrected chi connectivity index (χ2v) is 4.80. The molecule has 0 spiro atoms. The minimum atomic E-state index is -0.965. The summed E-state index contributed by atoms with van der Waals surface area (Å²) in [5.41, 5.74) is 0.0668. The third-order valence-electron chi connectivity index (χ3n) is 2.32. The summed E-state index contributed by atoms with van der Waals surface area (Å²) in [6.07, 6.45) is 1.42. The lowest BCUT2D eigenvalue weighted by Crippen LogP contribution is -2.35. The van der Waals surface area contributed by atoms with Crippen molar-refractivity contribution in [3.05, 3.63) is 21.0 Å². The van der Waals surface area contributed by atoms with Gasteiger partial charge in [-0.2, -0.15) is 5.10 Å². The van der Waals surface area contributed by atoms with E-state index in [1.165, 1.54) is 17.9 Å². The van der Waals surface area contributed by atoms with Crippen LogP contribution in [0.1, 0.15) is 13.8 Å². The van der Waals surface area contributed by atoms with Gasteiger partial charge in [-0.15, -0.1) is 0 Å². The van der Waals surface area contributed by atoms with Gasteiger partial charge in [-0.25, -0.2) is 9.48 Å². The van der Waals surface area contributed by atoms with E-state index in [1.807, 2.05) is 0 Å². The number of hydrogen-bond donors (Lipinski definition) is 2. The molecule has 7 heteroatoms. The zero-order valence-electron chi connectivity index (χ0n) is 9.77. The fourth-order valence-corrected chi connectivity index (χ4v) is 1.77. The Morgan fingerprint density at radius 1 is 1.59 bits per heavy atom. The van der Waals surface area contributed by atoms with Crippen LogP contribution in [-0.4, -0.2) is 26.9 Å². The van der Waals surface area contributed by atoms with Crippen molar-refractivity contribution in [3.8, 4) is 0 Å². The summed E-state index contributed by atoms with van der Waals surface area (Å²) in [5, 5.41) is 15.7. The van der Waals surface area contributed by atoms with Crippen LogP contribution in [0.4, 0.5) is 5.69 Å². The van der Waals surface area contributed by atoms with Gasteiger partial charge in [-0.1, -0.05) is 13.8 Å². The fraction of sp³-hybridized carbons (Fsp3) is 0.500. The molecule has 1 heterocycles. The van der Waals surface area contributed by atoms with Crippen molar-refractivity contribution >= 4 is 27.6 Å². The predicted molar refractivity (Wildman–Crippen MR) is 67.1 cm³/mol. The Kier molecular flexibility index (Phi) is 4.28. The van der Waals surface area contributed by atoms with Crippen LogP contribution in [0.2, 0.25) is 0 Å². The highest BCUT2D eigenvalue weighted by Gasteiger charge is 2.22. The molecule has 2 N–H and O–H groups in total. The van der Waals surface area contributed by atoms with E-state index in [2.05, 4.69) is 26.3 Å². The molecule has 0 saturated heterocycles. The van der Waals surface area contributed by atoms with Crippen molar-refractivity contribution in [2.24, 2.45) is 13.0 Å². The quantitative estimate of drug-likeness (QED) is 0.869. The molecule has 0 aliphatic heterocycles. The van der Waals surface area contributed by atoms with Crippen LogP contribution in [0.15, 0.2) is 15.5 Å².